The fourth-order valence-electron chi connectivity index (χ4n) is 4.07. The quantitative estimate of drug-likeness (QED) is 0.336. The van der Waals surface area contributed by atoms with Crippen molar-refractivity contribution >= 4 is 46.2 Å². The maximum absolute atomic E-state index is 13.6. The maximum Gasteiger partial charge on any atom is 0.174 e. The zero-order valence-corrected chi connectivity index (χ0v) is 18.9. The molecule has 0 amide bonds. The van der Waals surface area contributed by atoms with E-state index in [0.717, 1.165) is 22.8 Å². The second-order valence-electron chi connectivity index (χ2n) is 7.37. The minimum atomic E-state index is -0.305. The Hall–Kier alpha value is -2.93. The smallest absolute Gasteiger partial charge is 0.174 e. The second-order valence-corrected chi connectivity index (χ2v) is 8.60. The third kappa shape index (κ3) is 3.75. The molecule has 1 aliphatic rings. The number of thiocarbonyl (C=S) groups is 1. The third-order valence-corrected chi connectivity index (χ3v) is 6.31. The van der Waals surface area contributed by atoms with E-state index < -0.39 is 0 Å². The molecule has 8 heteroatoms. The summed E-state index contributed by atoms with van der Waals surface area (Å²) in [6.07, 6.45) is 3.71. The second kappa shape index (κ2) is 8.54. The molecule has 0 bridgehead atoms. The maximum atomic E-state index is 13.6. The molecular formula is C24H17Cl2FN4S. The van der Waals surface area contributed by atoms with E-state index >= 15 is 0 Å². The van der Waals surface area contributed by atoms with E-state index in [4.69, 9.17) is 35.4 Å². The van der Waals surface area contributed by atoms with E-state index in [1.54, 1.807) is 30.5 Å². The minimum absolute atomic E-state index is 0.228. The first-order valence-electron chi connectivity index (χ1n) is 9.92. The van der Waals surface area contributed by atoms with E-state index in [9.17, 15) is 4.39 Å². The molecule has 32 heavy (non-hydrogen) atoms. The van der Waals surface area contributed by atoms with Crippen LogP contribution < -0.4 is 10.2 Å². The highest BCUT2D eigenvalue weighted by atomic mass is 35.5. The molecule has 160 valence electrons. The number of nitrogens with zero attached hydrogens (tertiary/aromatic N) is 3. The van der Waals surface area contributed by atoms with Gasteiger partial charge in [-0.05, 0) is 78.9 Å². The van der Waals surface area contributed by atoms with Gasteiger partial charge >= 0.3 is 0 Å². The van der Waals surface area contributed by atoms with Gasteiger partial charge in [-0.1, -0.05) is 29.3 Å². The summed E-state index contributed by atoms with van der Waals surface area (Å²) in [7, 11) is 0. The lowest BCUT2D eigenvalue weighted by atomic mass is 10.0. The average molecular weight is 483 g/mol. The fourth-order valence-corrected chi connectivity index (χ4v) is 4.91. The van der Waals surface area contributed by atoms with E-state index in [2.05, 4.69) is 10.3 Å². The molecule has 1 N–H and O–H groups in total. The molecule has 1 aliphatic heterocycles. The lowest BCUT2D eigenvalue weighted by Gasteiger charge is -2.29. The van der Waals surface area contributed by atoms with Crippen molar-refractivity contribution in [1.29, 1.82) is 0 Å². The monoisotopic (exact) mass is 482 g/mol. The summed E-state index contributed by atoms with van der Waals surface area (Å²) in [6, 6.07) is 21.0. The number of hydrogen-bond donors (Lipinski definition) is 1. The van der Waals surface area contributed by atoms with Gasteiger partial charge < -0.3 is 14.8 Å². The van der Waals surface area contributed by atoms with Crippen LogP contribution in [0.3, 0.4) is 0 Å². The number of hydrogen-bond acceptors (Lipinski definition) is 2. The molecule has 0 radical (unpaired) electrons. The lowest BCUT2D eigenvalue weighted by Crippen LogP contribution is -2.30. The topological polar surface area (TPSA) is 33.1 Å². The van der Waals surface area contributed by atoms with Crippen LogP contribution in [0.15, 0.2) is 85.2 Å². The van der Waals surface area contributed by atoms with Crippen molar-refractivity contribution in [1.82, 2.24) is 14.9 Å². The highest BCUT2D eigenvalue weighted by molar-refractivity contribution is 7.80. The van der Waals surface area contributed by atoms with Crippen LogP contribution in [-0.2, 0) is 0 Å². The molecule has 0 unspecified atom stereocenters. The van der Waals surface area contributed by atoms with Gasteiger partial charge in [0.25, 0.3) is 0 Å². The first kappa shape index (κ1) is 20.9. The Balaban J connectivity index is 1.68. The molecule has 4 nitrogen and oxygen atoms in total. The minimum Gasteiger partial charge on any atom is -0.351 e. The molecule has 1 saturated heterocycles. The summed E-state index contributed by atoms with van der Waals surface area (Å²) < 4.78 is 15.7. The highest BCUT2D eigenvalue weighted by Crippen LogP contribution is 2.42. The van der Waals surface area contributed by atoms with E-state index in [1.807, 2.05) is 52.1 Å². The zero-order valence-electron chi connectivity index (χ0n) is 16.6. The van der Waals surface area contributed by atoms with Crippen LogP contribution in [0, 0.1) is 5.82 Å². The number of aromatic nitrogens is 2. The van der Waals surface area contributed by atoms with Crippen molar-refractivity contribution in [2.75, 3.05) is 4.90 Å². The van der Waals surface area contributed by atoms with Crippen molar-refractivity contribution in [2.24, 2.45) is 0 Å². The summed E-state index contributed by atoms with van der Waals surface area (Å²) in [4.78, 5) is 6.56. The van der Waals surface area contributed by atoms with Crippen molar-refractivity contribution in [3.05, 3.63) is 112 Å². The first-order valence-corrected chi connectivity index (χ1v) is 11.1. The van der Waals surface area contributed by atoms with Gasteiger partial charge in [-0.3, -0.25) is 4.98 Å². The molecule has 4 aromatic rings. The van der Waals surface area contributed by atoms with Gasteiger partial charge in [0, 0.05) is 28.8 Å². The molecule has 5 rings (SSSR count). The molecule has 0 saturated carbocycles. The summed E-state index contributed by atoms with van der Waals surface area (Å²) in [5.74, 6) is -0.305. The van der Waals surface area contributed by atoms with Gasteiger partial charge in [0.05, 0.1) is 22.4 Å². The van der Waals surface area contributed by atoms with Gasteiger partial charge in [-0.15, -0.1) is 0 Å². The Morgan fingerprint density at radius 1 is 0.969 bits per heavy atom. The predicted molar refractivity (Wildman–Crippen MR) is 130 cm³/mol. The Labute approximate surface area is 200 Å². The van der Waals surface area contributed by atoms with Crippen LogP contribution in [-0.4, -0.2) is 14.7 Å². The van der Waals surface area contributed by atoms with Crippen molar-refractivity contribution in [3.8, 4) is 5.69 Å². The Morgan fingerprint density at radius 3 is 2.50 bits per heavy atom. The number of anilines is 1. The molecular weight excluding hydrogens is 466 g/mol. The molecule has 2 aromatic heterocycles. The number of benzene rings is 2. The Morgan fingerprint density at radius 2 is 1.78 bits per heavy atom. The van der Waals surface area contributed by atoms with Crippen LogP contribution in [0.25, 0.3) is 5.69 Å². The van der Waals surface area contributed by atoms with Crippen LogP contribution in [0.5, 0.6) is 0 Å². The van der Waals surface area contributed by atoms with Crippen LogP contribution in [0.1, 0.15) is 23.5 Å². The summed E-state index contributed by atoms with van der Waals surface area (Å²) in [6.45, 7) is 0. The zero-order chi connectivity index (χ0) is 22.2. The fraction of sp³-hybridized carbons (Fsp3) is 0.0833. The van der Waals surface area contributed by atoms with Crippen LogP contribution in [0.4, 0.5) is 10.1 Å². The molecule has 0 spiro atoms. The standard InChI is InChI=1S/C24H17Cl2FN4S/c25-15-6-11-20(18(26)14-15)30-13-3-5-21(30)23-22(19-4-1-2-12-28-19)29-24(32)31(23)17-9-7-16(27)8-10-17/h1-14,22-23H,(H,29,32)/t22-,23+/m0/s1. The summed E-state index contributed by atoms with van der Waals surface area (Å²) in [5.41, 5.74) is 3.37. The normalized spacial score (nSPS) is 18.1. The van der Waals surface area contributed by atoms with Crippen LogP contribution in [0.2, 0.25) is 10.0 Å². The van der Waals surface area contributed by atoms with Crippen molar-refractivity contribution in [2.45, 2.75) is 12.1 Å². The van der Waals surface area contributed by atoms with Gasteiger partial charge in [0.1, 0.15) is 11.9 Å². The van der Waals surface area contributed by atoms with Gasteiger partial charge in [-0.2, -0.15) is 0 Å². The Bertz CT molecular complexity index is 1280. The van der Waals surface area contributed by atoms with Gasteiger partial charge in [0.15, 0.2) is 5.11 Å². The Kier molecular flexibility index (Phi) is 5.59. The van der Waals surface area contributed by atoms with Crippen LogP contribution >= 0.6 is 35.4 Å². The van der Waals surface area contributed by atoms with Crippen molar-refractivity contribution < 1.29 is 4.39 Å². The predicted octanol–water partition coefficient (Wildman–Crippen LogP) is 6.50. The number of rotatable bonds is 4. The first-order chi connectivity index (χ1) is 15.5. The summed E-state index contributed by atoms with van der Waals surface area (Å²) >= 11 is 18.4. The molecule has 0 aliphatic carbocycles. The molecule has 2 aromatic carbocycles. The van der Waals surface area contributed by atoms with E-state index in [0.29, 0.717) is 15.2 Å². The average Bonchev–Trinajstić information content (AvgIpc) is 3.39. The molecule has 2 atom stereocenters. The SMILES string of the molecule is Fc1ccc(N2C(=S)N[C@@H](c3ccccn3)[C@H]2c2cccn2-c2ccc(Cl)cc2Cl)cc1. The number of halogens is 3. The van der Waals surface area contributed by atoms with Crippen molar-refractivity contribution in [3.63, 3.8) is 0 Å². The van der Waals surface area contributed by atoms with E-state index in [-0.39, 0.29) is 17.9 Å². The largest absolute Gasteiger partial charge is 0.351 e. The van der Waals surface area contributed by atoms with Gasteiger partial charge in [-0.25, -0.2) is 4.39 Å². The molecule has 3 heterocycles. The third-order valence-electron chi connectivity index (χ3n) is 5.46. The van der Waals surface area contributed by atoms with E-state index in [1.165, 1.54) is 12.1 Å². The van der Waals surface area contributed by atoms with Gasteiger partial charge in [0.2, 0.25) is 0 Å². The lowest BCUT2D eigenvalue weighted by molar-refractivity contribution is 0.549. The number of nitrogens with one attached hydrogen (secondary N) is 1. The highest BCUT2D eigenvalue weighted by Gasteiger charge is 2.42. The molecule has 1 fully saturated rings. The summed E-state index contributed by atoms with van der Waals surface area (Å²) in [5, 5.41) is 5.04. The number of pyridine rings is 1.